The first-order valence-corrected chi connectivity index (χ1v) is 12.7. The highest BCUT2D eigenvalue weighted by Gasteiger charge is 2.33. The van der Waals surface area contributed by atoms with Gasteiger partial charge in [0, 0.05) is 24.6 Å². The largest absolute Gasteiger partial charge is 0.493 e. The van der Waals surface area contributed by atoms with Crippen molar-refractivity contribution in [3.8, 4) is 28.7 Å². The zero-order valence-corrected chi connectivity index (χ0v) is 20.4. The number of hydrogen-bond acceptors (Lipinski definition) is 10. The van der Waals surface area contributed by atoms with E-state index >= 15 is 0 Å². The second kappa shape index (κ2) is 9.99. The number of carbonyl (C=O) groups excluding carboxylic acids is 1. The lowest BCUT2D eigenvalue weighted by Crippen LogP contribution is -2.41. The van der Waals surface area contributed by atoms with Crippen LogP contribution in [0.4, 0.5) is 6.01 Å². The third kappa shape index (κ3) is 4.72. The average molecular weight is 509 g/mol. The van der Waals surface area contributed by atoms with Gasteiger partial charge in [-0.25, -0.2) is 8.42 Å². The van der Waals surface area contributed by atoms with Crippen LogP contribution in [0.15, 0.2) is 38.3 Å². The Balaban J connectivity index is 1.41. The minimum atomic E-state index is -3.52. The molecule has 0 bridgehead atoms. The normalized spacial score (nSPS) is 15.1. The lowest BCUT2D eigenvalue weighted by atomic mass is 9.97. The number of thiophene rings is 1. The van der Waals surface area contributed by atoms with E-state index in [2.05, 4.69) is 15.5 Å². The van der Waals surface area contributed by atoms with Crippen molar-refractivity contribution in [1.82, 2.24) is 14.5 Å². The molecule has 1 saturated heterocycles. The van der Waals surface area contributed by atoms with Crippen LogP contribution in [0.2, 0.25) is 0 Å². The molecular formula is C21H24N4O7S2. The predicted molar refractivity (Wildman–Crippen MR) is 124 cm³/mol. The molecule has 0 unspecified atom stereocenters. The van der Waals surface area contributed by atoms with Crippen LogP contribution >= 0.6 is 11.3 Å². The number of methoxy groups -OCH3 is 3. The molecular weight excluding hydrogens is 484 g/mol. The Morgan fingerprint density at radius 2 is 1.79 bits per heavy atom. The van der Waals surface area contributed by atoms with Crippen LogP contribution in [0.1, 0.15) is 12.8 Å². The highest BCUT2D eigenvalue weighted by atomic mass is 32.2. The zero-order valence-electron chi connectivity index (χ0n) is 18.8. The minimum absolute atomic E-state index is 0.0533. The number of nitrogens with one attached hydrogen (secondary N) is 1. The van der Waals surface area contributed by atoms with Crippen LogP contribution < -0.4 is 19.5 Å². The van der Waals surface area contributed by atoms with Gasteiger partial charge in [0.15, 0.2) is 11.5 Å². The molecule has 34 heavy (non-hydrogen) atoms. The van der Waals surface area contributed by atoms with Gasteiger partial charge in [-0.1, -0.05) is 11.2 Å². The van der Waals surface area contributed by atoms with Crippen molar-refractivity contribution in [2.45, 2.75) is 17.1 Å². The van der Waals surface area contributed by atoms with E-state index in [-0.39, 0.29) is 36.8 Å². The second-order valence-corrected chi connectivity index (χ2v) is 10.5. The maximum atomic E-state index is 12.7. The van der Waals surface area contributed by atoms with Crippen molar-refractivity contribution in [2.24, 2.45) is 5.92 Å². The number of carbonyl (C=O) groups is 1. The van der Waals surface area contributed by atoms with Gasteiger partial charge in [0.25, 0.3) is 10.0 Å². The van der Waals surface area contributed by atoms with Crippen LogP contribution in [-0.4, -0.2) is 63.2 Å². The number of sulfonamides is 1. The Hall–Kier alpha value is -3.16. The lowest BCUT2D eigenvalue weighted by molar-refractivity contribution is -0.121. The molecule has 3 heterocycles. The summed E-state index contributed by atoms with van der Waals surface area (Å²) in [4.78, 5) is 12.7. The number of hydrogen-bond donors (Lipinski definition) is 1. The molecule has 1 amide bonds. The van der Waals surface area contributed by atoms with Gasteiger partial charge in [-0.15, -0.1) is 16.4 Å². The van der Waals surface area contributed by atoms with E-state index in [4.69, 9.17) is 18.6 Å². The topological polar surface area (TPSA) is 133 Å². The fourth-order valence-electron chi connectivity index (χ4n) is 3.70. The van der Waals surface area contributed by atoms with E-state index in [1.807, 2.05) is 0 Å². The fourth-order valence-corrected chi connectivity index (χ4v) is 6.31. The number of anilines is 1. The first kappa shape index (κ1) is 24.0. The highest BCUT2D eigenvalue weighted by molar-refractivity contribution is 7.91. The molecule has 0 aliphatic carbocycles. The van der Waals surface area contributed by atoms with Gasteiger partial charge in [-0.05, 0) is 36.4 Å². The Kier molecular flexibility index (Phi) is 7.05. The molecule has 3 aromatic rings. The third-order valence-corrected chi connectivity index (χ3v) is 8.75. The summed E-state index contributed by atoms with van der Waals surface area (Å²) >= 11 is 1.18. The predicted octanol–water partition coefficient (Wildman–Crippen LogP) is 2.86. The first-order chi connectivity index (χ1) is 16.4. The van der Waals surface area contributed by atoms with Crippen molar-refractivity contribution in [3.63, 3.8) is 0 Å². The lowest BCUT2D eigenvalue weighted by Gasteiger charge is -2.29. The van der Waals surface area contributed by atoms with Crippen LogP contribution in [0.5, 0.6) is 17.2 Å². The monoisotopic (exact) mass is 508 g/mol. The summed E-state index contributed by atoms with van der Waals surface area (Å²) in [7, 11) is 0.977. The summed E-state index contributed by atoms with van der Waals surface area (Å²) in [6.07, 6.45) is 0.786. The molecule has 11 nitrogen and oxygen atoms in total. The van der Waals surface area contributed by atoms with Gasteiger partial charge < -0.3 is 18.6 Å². The Bertz CT molecular complexity index is 1220. The maximum absolute atomic E-state index is 12.7. The zero-order chi connectivity index (χ0) is 24.3. The first-order valence-electron chi connectivity index (χ1n) is 10.4. The molecule has 0 radical (unpaired) electrons. The van der Waals surface area contributed by atoms with E-state index in [9.17, 15) is 13.2 Å². The van der Waals surface area contributed by atoms with E-state index in [1.165, 1.54) is 37.0 Å². The Labute approximate surface area is 200 Å². The standard InChI is InChI=1S/C21H24N4O7S2/c1-29-15-11-14(12-16(30-2)18(15)31-3)20-23-24-21(32-20)22-19(26)13-6-8-25(9-7-13)34(27,28)17-5-4-10-33-17/h4-5,10-13H,6-9H2,1-3H3,(H,22,24,26). The summed E-state index contributed by atoms with van der Waals surface area (Å²) in [5.41, 5.74) is 0.523. The Morgan fingerprint density at radius 3 is 2.35 bits per heavy atom. The molecule has 1 fully saturated rings. The van der Waals surface area contributed by atoms with E-state index < -0.39 is 10.0 Å². The van der Waals surface area contributed by atoms with Crippen LogP contribution in [-0.2, 0) is 14.8 Å². The van der Waals surface area contributed by atoms with E-state index in [0.29, 0.717) is 39.9 Å². The second-order valence-electron chi connectivity index (χ2n) is 7.43. The minimum Gasteiger partial charge on any atom is -0.493 e. The molecule has 0 atom stereocenters. The third-order valence-electron chi connectivity index (χ3n) is 5.48. The number of piperidine rings is 1. The fraction of sp³-hybridized carbons (Fsp3) is 0.381. The van der Waals surface area contributed by atoms with E-state index in [1.54, 1.807) is 29.6 Å². The number of ether oxygens (including phenoxy) is 3. The van der Waals surface area contributed by atoms with Gasteiger partial charge in [0.1, 0.15) is 4.21 Å². The number of benzene rings is 1. The molecule has 4 rings (SSSR count). The van der Waals surface area contributed by atoms with Crippen molar-refractivity contribution >= 4 is 33.3 Å². The van der Waals surface area contributed by atoms with Gasteiger partial charge in [0.05, 0.1) is 21.3 Å². The van der Waals surface area contributed by atoms with Crippen LogP contribution in [0.25, 0.3) is 11.5 Å². The molecule has 1 aliphatic rings. The molecule has 1 aromatic carbocycles. The quantitative estimate of drug-likeness (QED) is 0.487. The average Bonchev–Trinajstić information content (AvgIpc) is 3.56. The molecule has 0 spiro atoms. The SMILES string of the molecule is COc1cc(-c2nnc(NC(=O)C3CCN(S(=O)(=O)c4cccs4)CC3)o2)cc(OC)c1OC. The van der Waals surface area contributed by atoms with Crippen molar-refractivity contribution in [3.05, 3.63) is 29.6 Å². The summed E-state index contributed by atoms with van der Waals surface area (Å²) in [5.74, 6) is 0.759. The summed E-state index contributed by atoms with van der Waals surface area (Å²) in [6.45, 7) is 0.525. The maximum Gasteiger partial charge on any atom is 0.322 e. The van der Waals surface area contributed by atoms with Gasteiger partial charge in [-0.2, -0.15) is 4.31 Å². The summed E-state index contributed by atoms with van der Waals surface area (Å²) in [5, 5.41) is 12.3. The molecule has 182 valence electrons. The van der Waals surface area contributed by atoms with Crippen LogP contribution in [0.3, 0.4) is 0 Å². The highest BCUT2D eigenvalue weighted by Crippen LogP contribution is 2.41. The van der Waals surface area contributed by atoms with E-state index in [0.717, 1.165) is 0 Å². The number of aromatic nitrogens is 2. The van der Waals surface area contributed by atoms with Crippen molar-refractivity contribution < 1.29 is 31.8 Å². The number of amides is 1. The Morgan fingerprint density at radius 1 is 1.12 bits per heavy atom. The van der Waals surface area contributed by atoms with Gasteiger partial charge >= 0.3 is 6.01 Å². The van der Waals surface area contributed by atoms with Crippen molar-refractivity contribution in [1.29, 1.82) is 0 Å². The van der Waals surface area contributed by atoms with Gasteiger partial charge in [-0.3, -0.25) is 10.1 Å². The molecule has 0 saturated carbocycles. The molecule has 1 N–H and O–H groups in total. The number of rotatable bonds is 8. The molecule has 1 aliphatic heterocycles. The van der Waals surface area contributed by atoms with Crippen molar-refractivity contribution in [2.75, 3.05) is 39.7 Å². The summed E-state index contributed by atoms with van der Waals surface area (Å²) < 4.78 is 48.6. The molecule has 2 aromatic heterocycles. The molecule has 13 heteroatoms. The smallest absolute Gasteiger partial charge is 0.322 e. The summed E-state index contributed by atoms with van der Waals surface area (Å²) in [6, 6.07) is 6.55. The number of nitrogens with zero attached hydrogens (tertiary/aromatic N) is 3. The van der Waals surface area contributed by atoms with Gasteiger partial charge in [0.2, 0.25) is 17.5 Å². The van der Waals surface area contributed by atoms with Crippen LogP contribution in [0, 0.1) is 5.92 Å².